The van der Waals surface area contributed by atoms with Crippen LogP contribution < -0.4 is 5.63 Å². The van der Waals surface area contributed by atoms with Crippen molar-refractivity contribution in [1.29, 1.82) is 0 Å². The van der Waals surface area contributed by atoms with E-state index in [0.29, 0.717) is 16.0 Å². The summed E-state index contributed by atoms with van der Waals surface area (Å²) >= 11 is 4.98. The summed E-state index contributed by atoms with van der Waals surface area (Å²) in [5, 5.41) is 0.994. The molecule has 0 spiro atoms. The van der Waals surface area contributed by atoms with Gasteiger partial charge < -0.3 is 13.8 Å². The summed E-state index contributed by atoms with van der Waals surface area (Å²) in [6.45, 7) is 4.00. The molecule has 0 aliphatic heterocycles. The smallest absolute Gasteiger partial charge is 0.339 e. The van der Waals surface area contributed by atoms with Crippen LogP contribution in [0.4, 0.5) is 0 Å². The van der Waals surface area contributed by atoms with Crippen LogP contribution in [0.2, 0.25) is 0 Å². The lowest BCUT2D eigenvalue weighted by Gasteiger charge is -2.15. The first-order valence-corrected chi connectivity index (χ1v) is 7.74. The van der Waals surface area contributed by atoms with Gasteiger partial charge in [0.1, 0.15) is 5.58 Å². The van der Waals surface area contributed by atoms with E-state index in [0.717, 1.165) is 47.7 Å². The lowest BCUT2D eigenvalue weighted by atomic mass is 9.90. The molecule has 0 fully saturated rings. The fraction of sp³-hybridized carbons (Fsp3) is 0.375. The summed E-state index contributed by atoms with van der Waals surface area (Å²) in [4.78, 5) is 15.3. The maximum absolute atomic E-state index is 12.0. The molecule has 0 bridgehead atoms. The molecular weight excluding hydrogens is 286 g/mol. The van der Waals surface area contributed by atoms with E-state index < -0.39 is 0 Å². The number of oxazole rings is 1. The molecule has 110 valence electrons. The van der Waals surface area contributed by atoms with Gasteiger partial charge in [0.2, 0.25) is 0 Å². The SMILES string of the molecule is CC.O=c1oc2cc3oc(=S)[nH]c3cc2c2c1CCCC2. The van der Waals surface area contributed by atoms with E-state index in [-0.39, 0.29) is 5.63 Å². The van der Waals surface area contributed by atoms with Crippen molar-refractivity contribution in [1.82, 2.24) is 4.98 Å². The van der Waals surface area contributed by atoms with Crippen LogP contribution in [0.1, 0.15) is 37.8 Å². The number of benzene rings is 1. The van der Waals surface area contributed by atoms with Gasteiger partial charge in [-0.05, 0) is 49.5 Å². The molecule has 1 aliphatic carbocycles. The van der Waals surface area contributed by atoms with Crippen LogP contribution in [-0.2, 0) is 12.8 Å². The van der Waals surface area contributed by atoms with E-state index in [9.17, 15) is 4.79 Å². The molecule has 0 saturated carbocycles. The van der Waals surface area contributed by atoms with Crippen molar-refractivity contribution in [2.45, 2.75) is 39.5 Å². The normalized spacial score (nSPS) is 13.8. The maximum atomic E-state index is 12.0. The summed E-state index contributed by atoms with van der Waals surface area (Å²) in [5.74, 6) is 0. The highest BCUT2D eigenvalue weighted by molar-refractivity contribution is 7.71. The van der Waals surface area contributed by atoms with Crippen molar-refractivity contribution >= 4 is 34.3 Å². The van der Waals surface area contributed by atoms with Gasteiger partial charge in [-0.25, -0.2) is 4.79 Å². The third-order valence-electron chi connectivity index (χ3n) is 3.76. The van der Waals surface area contributed by atoms with Crippen LogP contribution in [0.25, 0.3) is 22.1 Å². The second-order valence-corrected chi connectivity index (χ2v) is 5.28. The third-order valence-corrected chi connectivity index (χ3v) is 3.95. The average Bonchev–Trinajstić information content (AvgIpc) is 2.87. The zero-order valence-corrected chi connectivity index (χ0v) is 12.9. The van der Waals surface area contributed by atoms with E-state index in [2.05, 4.69) is 4.98 Å². The van der Waals surface area contributed by atoms with Crippen LogP contribution in [0.15, 0.2) is 25.8 Å². The molecule has 5 heteroatoms. The molecule has 4 rings (SSSR count). The highest BCUT2D eigenvalue weighted by Gasteiger charge is 2.18. The first kappa shape index (κ1) is 14.1. The molecule has 0 amide bonds. The number of rotatable bonds is 0. The molecule has 0 atom stereocenters. The van der Waals surface area contributed by atoms with Gasteiger partial charge in [-0.2, -0.15) is 0 Å². The molecule has 1 aliphatic rings. The monoisotopic (exact) mass is 303 g/mol. The summed E-state index contributed by atoms with van der Waals surface area (Å²) in [6, 6.07) is 3.71. The second kappa shape index (κ2) is 5.48. The minimum absolute atomic E-state index is 0.212. The van der Waals surface area contributed by atoms with Crippen LogP contribution in [-0.4, -0.2) is 4.98 Å². The van der Waals surface area contributed by atoms with Gasteiger partial charge in [-0.3, -0.25) is 0 Å². The van der Waals surface area contributed by atoms with E-state index in [4.69, 9.17) is 21.1 Å². The fourth-order valence-electron chi connectivity index (χ4n) is 2.89. The minimum Gasteiger partial charge on any atom is -0.429 e. The lowest BCUT2D eigenvalue weighted by Crippen LogP contribution is -2.15. The number of hydrogen-bond donors (Lipinski definition) is 1. The van der Waals surface area contributed by atoms with Gasteiger partial charge in [-0.15, -0.1) is 0 Å². The van der Waals surface area contributed by atoms with Crippen LogP contribution in [0.5, 0.6) is 0 Å². The predicted molar refractivity (Wildman–Crippen MR) is 85.4 cm³/mol. The van der Waals surface area contributed by atoms with Crippen molar-refractivity contribution < 1.29 is 8.83 Å². The maximum Gasteiger partial charge on any atom is 0.339 e. The largest absolute Gasteiger partial charge is 0.429 e. The van der Waals surface area contributed by atoms with Crippen molar-refractivity contribution in [2.75, 3.05) is 0 Å². The van der Waals surface area contributed by atoms with Crippen molar-refractivity contribution in [3.63, 3.8) is 0 Å². The molecule has 3 aromatic rings. The molecule has 2 aromatic heterocycles. The summed E-state index contributed by atoms with van der Waals surface area (Å²) in [5.41, 5.74) is 3.79. The number of aryl methyl sites for hydroxylation is 1. The van der Waals surface area contributed by atoms with Crippen molar-refractivity contribution in [3.05, 3.63) is 38.5 Å². The van der Waals surface area contributed by atoms with E-state index in [1.165, 1.54) is 0 Å². The zero-order chi connectivity index (χ0) is 15.0. The number of fused-ring (bicyclic) bond motifs is 4. The Balaban J connectivity index is 0.000000636. The third kappa shape index (κ3) is 2.31. The molecule has 21 heavy (non-hydrogen) atoms. The Morgan fingerprint density at radius 1 is 1.05 bits per heavy atom. The van der Waals surface area contributed by atoms with Crippen LogP contribution >= 0.6 is 12.2 Å². The second-order valence-electron chi connectivity index (χ2n) is 4.91. The first-order chi connectivity index (χ1) is 10.2. The topological polar surface area (TPSA) is 59.1 Å². The molecule has 0 saturated heterocycles. The van der Waals surface area contributed by atoms with E-state index in [1.54, 1.807) is 6.07 Å². The summed E-state index contributed by atoms with van der Waals surface area (Å²) < 4.78 is 10.8. The molecule has 2 heterocycles. The van der Waals surface area contributed by atoms with E-state index in [1.807, 2.05) is 19.9 Å². The Hall–Kier alpha value is -1.88. The summed E-state index contributed by atoms with van der Waals surface area (Å²) in [7, 11) is 0. The Morgan fingerprint density at radius 2 is 1.76 bits per heavy atom. The van der Waals surface area contributed by atoms with Crippen LogP contribution in [0, 0.1) is 4.84 Å². The lowest BCUT2D eigenvalue weighted by molar-refractivity contribution is 0.532. The highest BCUT2D eigenvalue weighted by Crippen LogP contribution is 2.29. The number of aromatic nitrogens is 1. The van der Waals surface area contributed by atoms with E-state index >= 15 is 0 Å². The Bertz CT molecular complexity index is 917. The van der Waals surface area contributed by atoms with Gasteiger partial charge >= 0.3 is 5.63 Å². The Kier molecular flexibility index (Phi) is 3.68. The van der Waals surface area contributed by atoms with Crippen LogP contribution in [0.3, 0.4) is 0 Å². The minimum atomic E-state index is -0.212. The quantitative estimate of drug-likeness (QED) is 0.490. The average molecular weight is 303 g/mol. The van der Waals surface area contributed by atoms with Crippen molar-refractivity contribution in [2.24, 2.45) is 0 Å². The molecular formula is C16H17NO3S. The molecule has 0 radical (unpaired) electrons. The molecule has 4 nitrogen and oxygen atoms in total. The van der Waals surface area contributed by atoms with Crippen molar-refractivity contribution in [3.8, 4) is 0 Å². The van der Waals surface area contributed by atoms with Gasteiger partial charge in [0.15, 0.2) is 5.58 Å². The Labute approximate surface area is 126 Å². The number of nitrogens with one attached hydrogen (secondary N) is 1. The standard InChI is InChI=1S/C14H11NO3S.C2H6/c16-13-8-4-2-1-3-7(8)9-5-10-12(6-11(9)17-13)18-14(19)15-10;1-2/h5-6H,1-4H2,(H,15,19);1-2H3. The van der Waals surface area contributed by atoms with Gasteiger partial charge in [-0.1, -0.05) is 13.8 Å². The van der Waals surface area contributed by atoms with Gasteiger partial charge in [0.05, 0.1) is 5.52 Å². The van der Waals surface area contributed by atoms with Gasteiger partial charge in [0, 0.05) is 17.0 Å². The number of H-pyrrole nitrogens is 1. The molecule has 1 N–H and O–H groups in total. The summed E-state index contributed by atoms with van der Waals surface area (Å²) in [6.07, 6.45) is 3.92. The van der Waals surface area contributed by atoms with Gasteiger partial charge in [0.25, 0.3) is 4.84 Å². The zero-order valence-electron chi connectivity index (χ0n) is 12.1. The highest BCUT2D eigenvalue weighted by atomic mass is 32.1. The molecule has 1 aromatic carbocycles. The fourth-order valence-corrected chi connectivity index (χ4v) is 3.09. The number of aromatic amines is 1. The molecule has 0 unspecified atom stereocenters. The predicted octanol–water partition coefficient (Wildman–Crippen LogP) is 4.50. The number of hydrogen-bond acceptors (Lipinski definition) is 4. The Morgan fingerprint density at radius 3 is 2.52 bits per heavy atom. The first-order valence-electron chi connectivity index (χ1n) is 7.34.